The maximum absolute atomic E-state index is 13.0. The van der Waals surface area contributed by atoms with Crippen LogP contribution in [0.3, 0.4) is 0 Å². The van der Waals surface area contributed by atoms with Crippen molar-refractivity contribution in [2.24, 2.45) is 5.92 Å². The molecule has 2 saturated heterocycles. The van der Waals surface area contributed by atoms with Crippen LogP contribution in [0, 0.1) is 5.92 Å². The molecule has 3 unspecified atom stereocenters. The van der Waals surface area contributed by atoms with E-state index in [-0.39, 0.29) is 23.9 Å². The average molecular weight is 280 g/mol. The predicted octanol–water partition coefficient (Wildman–Crippen LogP) is 1.07. The fraction of sp³-hybridized carbons (Fsp3) is 0.867. The molecule has 1 N–H and O–H groups in total. The zero-order valence-corrected chi connectivity index (χ0v) is 12.4. The Bertz CT molecular complexity index is 411. The lowest BCUT2D eigenvalue weighted by Gasteiger charge is -2.47. The van der Waals surface area contributed by atoms with Crippen LogP contribution >= 0.6 is 0 Å². The molecule has 0 radical (unpaired) electrons. The molecule has 0 aromatic rings. The molecule has 0 aromatic heterocycles. The van der Waals surface area contributed by atoms with Gasteiger partial charge in [-0.1, -0.05) is 12.8 Å². The maximum atomic E-state index is 13.0. The van der Waals surface area contributed by atoms with Gasteiger partial charge in [-0.25, -0.2) is 0 Å². The molecule has 3 aliphatic rings. The highest BCUT2D eigenvalue weighted by atomic mass is 16.5. The lowest BCUT2D eigenvalue weighted by molar-refractivity contribution is -0.158. The number of nitrogens with zero attached hydrogens (tertiary/aromatic N) is 1. The van der Waals surface area contributed by atoms with Gasteiger partial charge in [0, 0.05) is 18.6 Å². The zero-order valence-electron chi connectivity index (χ0n) is 12.4. The number of carbonyl (C=O) groups excluding carboxylic acids is 2. The zero-order chi connectivity index (χ0) is 14.3. The van der Waals surface area contributed by atoms with Crippen molar-refractivity contribution in [2.45, 2.75) is 63.6 Å². The van der Waals surface area contributed by atoms with E-state index in [4.69, 9.17) is 4.74 Å². The van der Waals surface area contributed by atoms with Gasteiger partial charge < -0.3 is 15.0 Å². The second-order valence-corrected chi connectivity index (χ2v) is 6.53. The number of ether oxygens (including phenoxy) is 1. The maximum Gasteiger partial charge on any atom is 0.249 e. The van der Waals surface area contributed by atoms with Crippen LogP contribution in [0.5, 0.6) is 0 Å². The molecule has 3 rings (SSSR count). The summed E-state index contributed by atoms with van der Waals surface area (Å²) in [6.07, 6.45) is 4.60. The lowest BCUT2D eigenvalue weighted by Crippen LogP contribution is -2.70. The molecule has 0 aromatic carbocycles. The van der Waals surface area contributed by atoms with Crippen molar-refractivity contribution in [1.82, 2.24) is 10.2 Å². The summed E-state index contributed by atoms with van der Waals surface area (Å²) < 4.78 is 5.44. The first kappa shape index (κ1) is 13.9. The van der Waals surface area contributed by atoms with Gasteiger partial charge in [-0.15, -0.1) is 0 Å². The quantitative estimate of drug-likeness (QED) is 0.823. The van der Waals surface area contributed by atoms with E-state index in [1.165, 1.54) is 0 Å². The van der Waals surface area contributed by atoms with Crippen molar-refractivity contribution in [3.63, 3.8) is 0 Å². The van der Waals surface area contributed by atoms with Crippen LogP contribution in [-0.2, 0) is 14.3 Å². The fourth-order valence-corrected chi connectivity index (χ4v) is 3.96. The highest BCUT2D eigenvalue weighted by Crippen LogP contribution is 2.36. The van der Waals surface area contributed by atoms with Crippen molar-refractivity contribution < 1.29 is 14.3 Å². The Morgan fingerprint density at radius 1 is 1.35 bits per heavy atom. The minimum atomic E-state index is -0.614. The summed E-state index contributed by atoms with van der Waals surface area (Å²) >= 11 is 0. The van der Waals surface area contributed by atoms with Crippen molar-refractivity contribution in [1.29, 1.82) is 0 Å². The van der Waals surface area contributed by atoms with Gasteiger partial charge in [0.1, 0.15) is 11.6 Å². The number of hydrogen-bond donors (Lipinski definition) is 1. The minimum absolute atomic E-state index is 0.00253. The summed E-state index contributed by atoms with van der Waals surface area (Å²) in [5, 5.41) is 3.01. The van der Waals surface area contributed by atoms with E-state index >= 15 is 0 Å². The highest BCUT2D eigenvalue weighted by molar-refractivity contribution is 6.00. The standard InChI is InChI=1S/C15H24N2O3/c1-10(12-5-8-20-9-12)17-11(2)13(18)16-15(14(17)19)6-3-4-7-15/h10-12H,3-9H2,1-2H3,(H,16,18). The molecule has 20 heavy (non-hydrogen) atoms. The average Bonchev–Trinajstić information content (AvgIpc) is 3.09. The van der Waals surface area contributed by atoms with E-state index in [2.05, 4.69) is 12.2 Å². The van der Waals surface area contributed by atoms with Gasteiger partial charge in [0.05, 0.1) is 6.61 Å². The number of nitrogens with one attached hydrogen (secondary N) is 1. The Kier molecular flexibility index (Phi) is 3.48. The summed E-state index contributed by atoms with van der Waals surface area (Å²) in [7, 11) is 0. The molecular formula is C15H24N2O3. The van der Waals surface area contributed by atoms with Crippen LogP contribution in [-0.4, -0.2) is 47.6 Å². The highest BCUT2D eigenvalue weighted by Gasteiger charge is 2.52. The molecule has 3 fully saturated rings. The van der Waals surface area contributed by atoms with Crippen molar-refractivity contribution in [3.05, 3.63) is 0 Å². The van der Waals surface area contributed by atoms with Crippen molar-refractivity contribution in [2.75, 3.05) is 13.2 Å². The Morgan fingerprint density at radius 3 is 2.65 bits per heavy atom. The van der Waals surface area contributed by atoms with Crippen molar-refractivity contribution >= 4 is 11.8 Å². The minimum Gasteiger partial charge on any atom is -0.381 e. The molecule has 5 heteroatoms. The van der Waals surface area contributed by atoms with E-state index in [0.717, 1.165) is 38.7 Å². The molecule has 112 valence electrons. The molecule has 5 nitrogen and oxygen atoms in total. The van der Waals surface area contributed by atoms with Gasteiger partial charge in [-0.05, 0) is 33.1 Å². The van der Waals surface area contributed by atoms with Crippen LogP contribution < -0.4 is 5.32 Å². The molecule has 2 amide bonds. The third-order valence-electron chi connectivity index (χ3n) is 5.35. The molecule has 0 bridgehead atoms. The number of carbonyl (C=O) groups is 2. The Labute approximate surface area is 120 Å². The number of amides is 2. The summed E-state index contributed by atoms with van der Waals surface area (Å²) in [6, 6.07) is -0.298. The van der Waals surface area contributed by atoms with Gasteiger partial charge in [0.2, 0.25) is 11.8 Å². The first-order valence-corrected chi connectivity index (χ1v) is 7.78. The van der Waals surface area contributed by atoms with E-state index in [1.54, 1.807) is 0 Å². The summed E-state index contributed by atoms with van der Waals surface area (Å²) in [5.74, 6) is 0.476. The Morgan fingerprint density at radius 2 is 2.05 bits per heavy atom. The molecule has 1 saturated carbocycles. The SMILES string of the molecule is CC1C(=O)NC2(CCCC2)C(=O)N1C(C)C1CCOC1. The molecule has 3 atom stereocenters. The van der Waals surface area contributed by atoms with Crippen LogP contribution in [0.25, 0.3) is 0 Å². The predicted molar refractivity (Wildman–Crippen MR) is 74.0 cm³/mol. The number of hydrogen-bond acceptors (Lipinski definition) is 3. The molecule has 2 heterocycles. The summed E-state index contributed by atoms with van der Waals surface area (Å²) in [6.45, 7) is 5.37. The van der Waals surface area contributed by atoms with Gasteiger partial charge in [0.15, 0.2) is 0 Å². The van der Waals surface area contributed by atoms with Crippen LogP contribution in [0.4, 0.5) is 0 Å². The second-order valence-electron chi connectivity index (χ2n) is 6.53. The van der Waals surface area contributed by atoms with Crippen LogP contribution in [0.15, 0.2) is 0 Å². The fourth-order valence-electron chi connectivity index (χ4n) is 3.96. The largest absolute Gasteiger partial charge is 0.381 e. The molecule has 2 aliphatic heterocycles. The number of piperazine rings is 1. The monoisotopic (exact) mass is 280 g/mol. The third-order valence-corrected chi connectivity index (χ3v) is 5.35. The van der Waals surface area contributed by atoms with Gasteiger partial charge in [0.25, 0.3) is 0 Å². The normalized spacial score (nSPS) is 34.6. The molecule has 1 spiro atoms. The summed E-state index contributed by atoms with van der Waals surface area (Å²) in [4.78, 5) is 27.1. The second kappa shape index (κ2) is 5.02. The van der Waals surface area contributed by atoms with E-state index in [1.807, 2.05) is 11.8 Å². The van der Waals surface area contributed by atoms with Crippen molar-refractivity contribution in [3.8, 4) is 0 Å². The van der Waals surface area contributed by atoms with Gasteiger partial charge in [-0.2, -0.15) is 0 Å². The molecular weight excluding hydrogens is 256 g/mol. The Hall–Kier alpha value is -1.10. The first-order chi connectivity index (χ1) is 9.55. The summed E-state index contributed by atoms with van der Waals surface area (Å²) in [5.41, 5.74) is -0.614. The molecule has 1 aliphatic carbocycles. The number of rotatable bonds is 2. The van der Waals surface area contributed by atoms with Gasteiger partial charge >= 0.3 is 0 Å². The van der Waals surface area contributed by atoms with Crippen LogP contribution in [0.2, 0.25) is 0 Å². The van der Waals surface area contributed by atoms with Gasteiger partial charge in [-0.3, -0.25) is 9.59 Å². The first-order valence-electron chi connectivity index (χ1n) is 7.78. The van der Waals surface area contributed by atoms with E-state index in [9.17, 15) is 9.59 Å². The topological polar surface area (TPSA) is 58.6 Å². The lowest BCUT2D eigenvalue weighted by atomic mass is 9.87. The third kappa shape index (κ3) is 2.03. The van der Waals surface area contributed by atoms with Crippen LogP contribution in [0.1, 0.15) is 46.0 Å². The van der Waals surface area contributed by atoms with E-state index in [0.29, 0.717) is 12.5 Å². The Balaban J connectivity index is 1.86. The van der Waals surface area contributed by atoms with E-state index < -0.39 is 5.54 Å². The smallest absolute Gasteiger partial charge is 0.249 e.